The fraction of sp³-hybridized carbons (Fsp3) is 0.500. The van der Waals surface area contributed by atoms with Gasteiger partial charge in [0, 0.05) is 26.8 Å². The van der Waals surface area contributed by atoms with E-state index >= 15 is 0 Å². The molecule has 1 aromatic rings. The number of hydrogen-bond donors (Lipinski definition) is 0. The highest BCUT2D eigenvalue weighted by atomic mass is 16.2. The van der Waals surface area contributed by atoms with E-state index < -0.39 is 0 Å². The molecular weight excluding hydrogens is 212 g/mol. The summed E-state index contributed by atoms with van der Waals surface area (Å²) < 4.78 is 0. The Morgan fingerprint density at radius 2 is 1.53 bits per heavy atom. The molecule has 3 heteroatoms. The van der Waals surface area contributed by atoms with E-state index in [0.717, 1.165) is 12.1 Å². The average Bonchev–Trinajstić information content (AvgIpc) is 2.39. The van der Waals surface area contributed by atoms with Crippen LogP contribution in [-0.4, -0.2) is 32.1 Å². The summed E-state index contributed by atoms with van der Waals surface area (Å²) in [7, 11) is 5.28. The fourth-order valence-electron chi connectivity index (χ4n) is 1.37. The molecule has 0 aliphatic carbocycles. The van der Waals surface area contributed by atoms with Gasteiger partial charge in [0.15, 0.2) is 0 Å². The van der Waals surface area contributed by atoms with Gasteiger partial charge in [-0.2, -0.15) is 0 Å². The normalized spacial score (nSPS) is 9.06. The molecule has 0 N–H and O–H groups in total. The number of hydrogen-bond acceptors (Lipinski definition) is 1. The molecule has 0 fully saturated rings. The van der Waals surface area contributed by atoms with Crippen LogP contribution >= 0.6 is 0 Å². The topological polar surface area (TPSA) is 23.6 Å². The summed E-state index contributed by atoms with van der Waals surface area (Å²) in [5, 5.41) is 0. The lowest BCUT2D eigenvalue weighted by molar-refractivity contribution is 0.225. The predicted molar refractivity (Wildman–Crippen MR) is 74.7 cm³/mol. The third-order valence-corrected chi connectivity index (χ3v) is 2.40. The molecular formula is C14H24N2O. The maximum atomic E-state index is 11.6. The van der Waals surface area contributed by atoms with Crippen LogP contribution in [0.1, 0.15) is 26.3 Å². The van der Waals surface area contributed by atoms with Crippen molar-refractivity contribution in [2.24, 2.45) is 0 Å². The minimum atomic E-state index is -0.0146. The zero-order valence-electron chi connectivity index (χ0n) is 11.8. The molecule has 1 aromatic carbocycles. The van der Waals surface area contributed by atoms with Crippen LogP contribution in [0.3, 0.4) is 0 Å². The van der Waals surface area contributed by atoms with Crippen LogP contribution in [0.5, 0.6) is 0 Å². The van der Waals surface area contributed by atoms with E-state index in [2.05, 4.69) is 19.1 Å². The lowest BCUT2D eigenvalue weighted by atomic mass is 10.1. The van der Waals surface area contributed by atoms with Gasteiger partial charge < -0.3 is 4.90 Å². The summed E-state index contributed by atoms with van der Waals surface area (Å²) in [5.74, 6) is 0. The van der Waals surface area contributed by atoms with E-state index in [0.29, 0.717) is 0 Å². The minimum Gasteiger partial charge on any atom is -0.330 e. The van der Waals surface area contributed by atoms with Crippen molar-refractivity contribution in [3.8, 4) is 0 Å². The molecule has 0 spiro atoms. The maximum Gasteiger partial charge on any atom is 0.323 e. The first-order valence-corrected chi connectivity index (χ1v) is 6.10. The van der Waals surface area contributed by atoms with Gasteiger partial charge in [-0.15, -0.1) is 0 Å². The van der Waals surface area contributed by atoms with E-state index in [1.165, 1.54) is 5.56 Å². The lowest BCUT2D eigenvalue weighted by Gasteiger charge is -2.21. The number of aryl methyl sites for hydroxylation is 1. The second-order valence-electron chi connectivity index (χ2n) is 3.76. The summed E-state index contributed by atoms with van der Waals surface area (Å²) in [5.41, 5.74) is 2.20. The number of amides is 2. The molecule has 2 amide bonds. The summed E-state index contributed by atoms with van der Waals surface area (Å²) >= 11 is 0. The van der Waals surface area contributed by atoms with Crippen molar-refractivity contribution in [1.29, 1.82) is 0 Å². The lowest BCUT2D eigenvalue weighted by Crippen LogP contribution is -2.36. The molecule has 3 nitrogen and oxygen atoms in total. The molecule has 0 radical (unpaired) electrons. The molecule has 0 saturated carbocycles. The highest BCUT2D eigenvalue weighted by Gasteiger charge is 2.11. The number of anilines is 1. The first-order chi connectivity index (χ1) is 8.06. The van der Waals surface area contributed by atoms with Gasteiger partial charge in [0.05, 0.1) is 0 Å². The van der Waals surface area contributed by atoms with E-state index in [-0.39, 0.29) is 6.03 Å². The third-order valence-electron chi connectivity index (χ3n) is 2.40. The molecule has 0 atom stereocenters. The first kappa shape index (κ1) is 15.5. The van der Waals surface area contributed by atoms with Crippen LogP contribution < -0.4 is 4.90 Å². The van der Waals surface area contributed by atoms with Crippen molar-refractivity contribution in [2.45, 2.75) is 27.2 Å². The highest BCUT2D eigenvalue weighted by Crippen LogP contribution is 2.15. The minimum absolute atomic E-state index is 0.0146. The number of rotatable bonds is 2. The second-order valence-corrected chi connectivity index (χ2v) is 3.76. The standard InChI is InChI=1S/C12H18N2O.C2H6/c1-5-10-6-8-11(9-7-10)14(4)12(15)13(2)3;1-2/h6-9H,5H2,1-4H3;1-2H3. The maximum absolute atomic E-state index is 11.6. The zero-order valence-corrected chi connectivity index (χ0v) is 11.8. The molecule has 0 bridgehead atoms. The van der Waals surface area contributed by atoms with Crippen LogP contribution in [0.4, 0.5) is 10.5 Å². The molecule has 17 heavy (non-hydrogen) atoms. The largest absolute Gasteiger partial charge is 0.330 e. The van der Waals surface area contributed by atoms with Crippen LogP contribution in [-0.2, 0) is 6.42 Å². The SMILES string of the molecule is CC.CCc1ccc(N(C)C(=O)N(C)C)cc1. The molecule has 0 aliphatic rings. The van der Waals surface area contributed by atoms with Gasteiger partial charge in [-0.1, -0.05) is 32.9 Å². The Balaban J connectivity index is 0.00000121. The van der Waals surface area contributed by atoms with Crippen molar-refractivity contribution in [3.63, 3.8) is 0 Å². The molecule has 0 aromatic heterocycles. The Hall–Kier alpha value is -1.51. The number of carbonyl (C=O) groups is 1. The molecule has 0 saturated heterocycles. The summed E-state index contributed by atoms with van der Waals surface area (Å²) in [6.07, 6.45) is 1.02. The molecule has 1 rings (SSSR count). The van der Waals surface area contributed by atoms with Gasteiger partial charge in [0.1, 0.15) is 0 Å². The number of carbonyl (C=O) groups excluding carboxylic acids is 1. The monoisotopic (exact) mass is 236 g/mol. The molecule has 0 aliphatic heterocycles. The van der Waals surface area contributed by atoms with Crippen LogP contribution in [0.2, 0.25) is 0 Å². The zero-order chi connectivity index (χ0) is 13.4. The number of nitrogens with zero attached hydrogens (tertiary/aromatic N) is 2. The Morgan fingerprint density at radius 3 is 1.88 bits per heavy atom. The van der Waals surface area contributed by atoms with Gasteiger partial charge in [0.2, 0.25) is 0 Å². The van der Waals surface area contributed by atoms with E-state index in [4.69, 9.17) is 0 Å². The van der Waals surface area contributed by atoms with Crippen LogP contribution in [0.25, 0.3) is 0 Å². The first-order valence-electron chi connectivity index (χ1n) is 6.10. The molecule has 96 valence electrons. The summed E-state index contributed by atoms with van der Waals surface area (Å²) in [4.78, 5) is 14.9. The van der Waals surface area contributed by atoms with E-state index in [1.807, 2.05) is 26.0 Å². The summed E-state index contributed by atoms with van der Waals surface area (Å²) in [6.45, 7) is 6.11. The van der Waals surface area contributed by atoms with Gasteiger partial charge >= 0.3 is 6.03 Å². The Kier molecular flexibility index (Phi) is 7.03. The van der Waals surface area contributed by atoms with Crippen LogP contribution in [0.15, 0.2) is 24.3 Å². The molecule has 0 heterocycles. The Morgan fingerprint density at radius 1 is 1.06 bits per heavy atom. The number of benzene rings is 1. The predicted octanol–water partition coefficient (Wildman–Crippen LogP) is 3.39. The van der Waals surface area contributed by atoms with Gasteiger partial charge in [0.25, 0.3) is 0 Å². The van der Waals surface area contributed by atoms with Crippen molar-refractivity contribution < 1.29 is 4.79 Å². The van der Waals surface area contributed by atoms with Gasteiger partial charge in [-0.05, 0) is 24.1 Å². The van der Waals surface area contributed by atoms with Crippen molar-refractivity contribution in [3.05, 3.63) is 29.8 Å². The smallest absolute Gasteiger partial charge is 0.323 e. The quantitative estimate of drug-likeness (QED) is 0.772. The third kappa shape index (κ3) is 4.47. The summed E-state index contributed by atoms with van der Waals surface area (Å²) in [6, 6.07) is 8.03. The highest BCUT2D eigenvalue weighted by molar-refractivity contribution is 5.91. The Bertz CT molecular complexity index is 331. The van der Waals surface area contributed by atoms with Gasteiger partial charge in [-0.25, -0.2) is 4.79 Å². The Labute approximate surface area is 105 Å². The fourth-order valence-corrected chi connectivity index (χ4v) is 1.37. The van der Waals surface area contributed by atoms with Crippen molar-refractivity contribution >= 4 is 11.7 Å². The average molecular weight is 236 g/mol. The number of urea groups is 1. The van der Waals surface area contributed by atoms with Gasteiger partial charge in [-0.3, -0.25) is 4.90 Å². The second kappa shape index (κ2) is 7.71. The molecule has 0 unspecified atom stereocenters. The van der Waals surface area contributed by atoms with Crippen molar-refractivity contribution in [2.75, 3.05) is 26.0 Å². The van der Waals surface area contributed by atoms with Crippen molar-refractivity contribution in [1.82, 2.24) is 4.90 Å². The van der Waals surface area contributed by atoms with Crippen LogP contribution in [0, 0.1) is 0 Å². The van der Waals surface area contributed by atoms with E-state index in [1.54, 1.807) is 30.9 Å². The van der Waals surface area contributed by atoms with E-state index in [9.17, 15) is 4.79 Å².